The lowest BCUT2D eigenvalue weighted by molar-refractivity contribution is -0.125. The molecule has 0 aromatic heterocycles. The predicted molar refractivity (Wildman–Crippen MR) is 78.6 cm³/mol. The van der Waals surface area contributed by atoms with Crippen molar-refractivity contribution in [2.45, 2.75) is 24.8 Å². The first-order valence-corrected chi connectivity index (χ1v) is 8.15. The van der Waals surface area contributed by atoms with Crippen molar-refractivity contribution < 1.29 is 17.9 Å². The van der Waals surface area contributed by atoms with E-state index >= 15 is 0 Å². The summed E-state index contributed by atoms with van der Waals surface area (Å²) in [7, 11) is -3.64. The Hall–Kier alpha value is -1.64. The van der Waals surface area contributed by atoms with Gasteiger partial charge >= 0.3 is 0 Å². The third-order valence-electron chi connectivity index (χ3n) is 3.07. The minimum atomic E-state index is -3.64. The highest BCUT2D eigenvalue weighted by Gasteiger charge is 2.31. The van der Waals surface area contributed by atoms with Gasteiger partial charge in [0.05, 0.1) is 10.6 Å². The van der Waals surface area contributed by atoms with E-state index in [4.69, 9.17) is 10.5 Å². The first kappa shape index (κ1) is 15.7. The Bertz CT molecular complexity index is 643. The van der Waals surface area contributed by atoms with E-state index in [1.165, 1.54) is 12.1 Å². The summed E-state index contributed by atoms with van der Waals surface area (Å²) in [5.74, 6) is 0.209. The van der Waals surface area contributed by atoms with Crippen LogP contribution in [0.25, 0.3) is 0 Å². The summed E-state index contributed by atoms with van der Waals surface area (Å²) in [5, 5.41) is 2.68. The van der Waals surface area contributed by atoms with E-state index in [1.807, 2.05) is 13.8 Å². The minimum absolute atomic E-state index is 0.0211. The van der Waals surface area contributed by atoms with Crippen molar-refractivity contribution in [1.82, 2.24) is 4.72 Å². The number of amides is 1. The fourth-order valence-corrected chi connectivity index (χ4v) is 3.06. The van der Waals surface area contributed by atoms with Crippen molar-refractivity contribution in [2.24, 2.45) is 11.7 Å². The van der Waals surface area contributed by atoms with Crippen LogP contribution in [0.4, 0.5) is 5.69 Å². The van der Waals surface area contributed by atoms with E-state index in [1.54, 1.807) is 6.07 Å². The molecular weight excluding hydrogens is 294 g/mol. The zero-order valence-corrected chi connectivity index (χ0v) is 12.7. The van der Waals surface area contributed by atoms with Crippen molar-refractivity contribution in [3.63, 3.8) is 0 Å². The summed E-state index contributed by atoms with van der Waals surface area (Å²) in [6.07, 6.45) is -0.574. The molecule has 0 saturated carbocycles. The molecule has 1 atom stereocenters. The summed E-state index contributed by atoms with van der Waals surface area (Å²) in [6.45, 7) is 4.12. The Morgan fingerprint density at radius 1 is 1.43 bits per heavy atom. The number of nitrogens with one attached hydrogen (secondary N) is 2. The number of nitrogens with two attached hydrogens (primary N) is 1. The van der Waals surface area contributed by atoms with Gasteiger partial charge in [0, 0.05) is 13.1 Å². The minimum Gasteiger partial charge on any atom is -0.478 e. The fraction of sp³-hybridized carbons (Fsp3) is 0.462. The third-order valence-corrected chi connectivity index (χ3v) is 4.53. The molecule has 0 spiro atoms. The summed E-state index contributed by atoms with van der Waals surface area (Å²) in [4.78, 5) is 12.0. The van der Waals surface area contributed by atoms with Gasteiger partial charge in [-0.05, 0) is 24.1 Å². The molecule has 1 aliphatic rings. The van der Waals surface area contributed by atoms with Gasteiger partial charge in [-0.25, -0.2) is 13.1 Å². The van der Waals surface area contributed by atoms with Gasteiger partial charge in [0.25, 0.3) is 5.91 Å². The van der Waals surface area contributed by atoms with Crippen LogP contribution in [0.2, 0.25) is 0 Å². The second-order valence-corrected chi connectivity index (χ2v) is 6.88. The molecule has 1 aromatic carbocycles. The monoisotopic (exact) mass is 313 g/mol. The van der Waals surface area contributed by atoms with Gasteiger partial charge in [-0.15, -0.1) is 0 Å². The number of benzene rings is 1. The van der Waals surface area contributed by atoms with E-state index in [9.17, 15) is 13.2 Å². The van der Waals surface area contributed by atoms with Gasteiger partial charge in [-0.3, -0.25) is 4.79 Å². The van der Waals surface area contributed by atoms with E-state index in [0.717, 1.165) is 0 Å². The van der Waals surface area contributed by atoms with Gasteiger partial charge in [-0.1, -0.05) is 13.8 Å². The van der Waals surface area contributed by atoms with Crippen molar-refractivity contribution in [1.29, 1.82) is 0 Å². The molecule has 1 aromatic rings. The molecule has 4 N–H and O–H groups in total. The number of fused-ring (bicyclic) bond motifs is 1. The number of hydrogen-bond acceptors (Lipinski definition) is 5. The average molecular weight is 313 g/mol. The lowest BCUT2D eigenvalue weighted by Crippen LogP contribution is -2.40. The molecule has 7 nitrogen and oxygen atoms in total. The van der Waals surface area contributed by atoms with Crippen molar-refractivity contribution in [3.8, 4) is 5.75 Å². The number of anilines is 1. The smallest absolute Gasteiger partial charge is 0.265 e. The molecular formula is C13H19N3O4S. The normalized spacial score (nSPS) is 18.1. The topological polar surface area (TPSA) is 111 Å². The van der Waals surface area contributed by atoms with Gasteiger partial charge in [-0.2, -0.15) is 0 Å². The van der Waals surface area contributed by atoms with Crippen LogP contribution in [0.15, 0.2) is 23.1 Å². The first-order chi connectivity index (χ1) is 9.85. The van der Waals surface area contributed by atoms with E-state index < -0.39 is 16.1 Å². The summed E-state index contributed by atoms with van der Waals surface area (Å²) in [6, 6.07) is 4.36. The summed E-state index contributed by atoms with van der Waals surface area (Å²) >= 11 is 0. The lowest BCUT2D eigenvalue weighted by atomic mass is 10.0. The predicted octanol–water partition coefficient (Wildman–Crippen LogP) is 0.279. The molecule has 0 aliphatic carbocycles. The SMILES string of the molecule is CC(C)C1Oc2ccc(S(=O)(=O)NCCN)cc2NC1=O. The van der Waals surface area contributed by atoms with Crippen LogP contribution in [0, 0.1) is 5.92 Å². The molecule has 8 heteroatoms. The van der Waals surface area contributed by atoms with Crippen molar-refractivity contribution in [3.05, 3.63) is 18.2 Å². The third kappa shape index (κ3) is 3.34. The molecule has 0 fully saturated rings. The Morgan fingerprint density at radius 3 is 2.76 bits per heavy atom. The molecule has 21 heavy (non-hydrogen) atoms. The van der Waals surface area contributed by atoms with E-state index in [0.29, 0.717) is 11.4 Å². The highest BCUT2D eigenvalue weighted by atomic mass is 32.2. The number of rotatable bonds is 5. The molecule has 1 aliphatic heterocycles. The zero-order chi connectivity index (χ0) is 15.6. The van der Waals surface area contributed by atoms with Crippen LogP contribution >= 0.6 is 0 Å². The largest absolute Gasteiger partial charge is 0.478 e. The number of carbonyl (C=O) groups is 1. The van der Waals surface area contributed by atoms with Crippen LogP contribution < -0.4 is 20.5 Å². The van der Waals surface area contributed by atoms with Crippen LogP contribution in [0.3, 0.4) is 0 Å². The highest BCUT2D eigenvalue weighted by molar-refractivity contribution is 7.89. The first-order valence-electron chi connectivity index (χ1n) is 6.66. The number of sulfonamides is 1. The second kappa shape index (κ2) is 6.00. The quantitative estimate of drug-likeness (QED) is 0.723. The molecule has 116 valence electrons. The van der Waals surface area contributed by atoms with Crippen LogP contribution in [0.5, 0.6) is 5.75 Å². The molecule has 0 radical (unpaired) electrons. The Kier molecular flexibility index (Phi) is 4.50. The van der Waals surface area contributed by atoms with Crippen molar-refractivity contribution in [2.75, 3.05) is 18.4 Å². The number of ether oxygens (including phenoxy) is 1. The van der Waals surface area contributed by atoms with Gasteiger partial charge in [0.2, 0.25) is 10.0 Å². The fourth-order valence-electron chi connectivity index (χ4n) is 1.99. The highest BCUT2D eigenvalue weighted by Crippen LogP contribution is 2.33. The zero-order valence-electron chi connectivity index (χ0n) is 11.9. The molecule has 1 unspecified atom stereocenters. The maximum absolute atomic E-state index is 12.0. The van der Waals surface area contributed by atoms with E-state index in [-0.39, 0.29) is 29.8 Å². The Labute approximate surface area is 123 Å². The number of carbonyl (C=O) groups excluding carboxylic acids is 1. The standard InChI is InChI=1S/C13H19N3O4S/c1-8(2)12-13(17)16-10-7-9(3-4-11(10)20-12)21(18,19)15-6-5-14/h3-4,7-8,12,15H,5-6,14H2,1-2H3,(H,16,17). The van der Waals surface area contributed by atoms with Crippen LogP contribution in [-0.4, -0.2) is 33.5 Å². The molecule has 1 heterocycles. The van der Waals surface area contributed by atoms with Crippen molar-refractivity contribution >= 4 is 21.6 Å². The van der Waals surface area contributed by atoms with Gasteiger partial charge in [0.1, 0.15) is 5.75 Å². The Balaban J connectivity index is 2.29. The van der Waals surface area contributed by atoms with Gasteiger partial charge in [0.15, 0.2) is 6.10 Å². The maximum Gasteiger partial charge on any atom is 0.265 e. The van der Waals surface area contributed by atoms with Gasteiger partial charge < -0.3 is 15.8 Å². The summed E-state index contributed by atoms with van der Waals surface area (Å²) in [5.41, 5.74) is 5.64. The van der Waals surface area contributed by atoms with Crippen LogP contribution in [-0.2, 0) is 14.8 Å². The molecule has 0 bridgehead atoms. The van der Waals surface area contributed by atoms with Crippen LogP contribution in [0.1, 0.15) is 13.8 Å². The van der Waals surface area contributed by atoms with E-state index in [2.05, 4.69) is 10.0 Å². The maximum atomic E-state index is 12.0. The second-order valence-electron chi connectivity index (χ2n) is 5.12. The summed E-state index contributed by atoms with van der Waals surface area (Å²) < 4.78 is 32.0. The number of hydrogen-bond donors (Lipinski definition) is 3. The molecule has 0 saturated heterocycles. The average Bonchev–Trinajstić information content (AvgIpc) is 2.43. The lowest BCUT2D eigenvalue weighted by Gasteiger charge is -2.28. The molecule has 2 rings (SSSR count). The molecule has 1 amide bonds. The Morgan fingerprint density at radius 2 is 2.14 bits per heavy atom.